The average molecular weight is 407 g/mol. The van der Waals surface area contributed by atoms with Gasteiger partial charge in [-0.2, -0.15) is 13.2 Å². The van der Waals surface area contributed by atoms with E-state index in [4.69, 9.17) is 0 Å². The predicted octanol–water partition coefficient (Wildman–Crippen LogP) is 4.81. The third kappa shape index (κ3) is 3.71. The SMILES string of the molecule is Cc1csc2nc(CN(C3CC3)C(C)c3cccc(C(F)(F)F)c3)cc(=O)n12. The number of hydrogen-bond acceptors (Lipinski definition) is 4. The van der Waals surface area contributed by atoms with Gasteiger partial charge in [0.05, 0.1) is 11.3 Å². The molecule has 1 atom stereocenters. The first kappa shape index (κ1) is 19.1. The molecule has 2 aromatic heterocycles. The molecule has 148 valence electrons. The van der Waals surface area contributed by atoms with E-state index in [-0.39, 0.29) is 11.6 Å². The molecule has 3 aromatic rings. The molecular formula is C20H20F3N3OS. The Bertz CT molecular complexity index is 1070. The van der Waals surface area contributed by atoms with Crippen molar-refractivity contribution in [1.82, 2.24) is 14.3 Å². The van der Waals surface area contributed by atoms with Crippen LogP contribution < -0.4 is 5.56 Å². The normalized spacial score (nSPS) is 16.1. The van der Waals surface area contributed by atoms with E-state index < -0.39 is 11.7 Å². The second-order valence-electron chi connectivity index (χ2n) is 7.28. The van der Waals surface area contributed by atoms with Gasteiger partial charge in [-0.3, -0.25) is 14.1 Å². The Morgan fingerprint density at radius 2 is 2.07 bits per heavy atom. The van der Waals surface area contributed by atoms with Crippen LogP contribution in [0.25, 0.3) is 4.96 Å². The summed E-state index contributed by atoms with van der Waals surface area (Å²) in [6.07, 6.45) is -2.36. The van der Waals surface area contributed by atoms with E-state index in [9.17, 15) is 18.0 Å². The Hall–Kier alpha value is -2.19. The van der Waals surface area contributed by atoms with Gasteiger partial charge in [-0.15, -0.1) is 11.3 Å². The number of halogens is 3. The Labute approximate surface area is 164 Å². The molecule has 4 rings (SSSR count). The molecule has 0 spiro atoms. The van der Waals surface area contributed by atoms with Gasteiger partial charge in [-0.25, -0.2) is 4.98 Å². The van der Waals surface area contributed by atoms with Crippen LogP contribution in [-0.2, 0) is 12.7 Å². The monoisotopic (exact) mass is 407 g/mol. The number of hydrogen-bond donors (Lipinski definition) is 0. The van der Waals surface area contributed by atoms with E-state index in [0.29, 0.717) is 28.8 Å². The zero-order valence-electron chi connectivity index (χ0n) is 15.5. The van der Waals surface area contributed by atoms with Crippen molar-refractivity contribution in [1.29, 1.82) is 0 Å². The van der Waals surface area contributed by atoms with Crippen LogP contribution in [0.5, 0.6) is 0 Å². The van der Waals surface area contributed by atoms with Crippen LogP contribution in [0.3, 0.4) is 0 Å². The molecule has 0 radical (unpaired) electrons. The maximum atomic E-state index is 13.1. The molecule has 4 nitrogen and oxygen atoms in total. The second kappa shape index (κ2) is 7.00. The quantitative estimate of drug-likeness (QED) is 0.609. The molecule has 1 aromatic carbocycles. The van der Waals surface area contributed by atoms with Crippen molar-refractivity contribution in [3.63, 3.8) is 0 Å². The van der Waals surface area contributed by atoms with E-state index in [2.05, 4.69) is 9.88 Å². The van der Waals surface area contributed by atoms with E-state index in [1.807, 2.05) is 19.2 Å². The Morgan fingerprint density at radius 1 is 1.32 bits per heavy atom. The van der Waals surface area contributed by atoms with Crippen LogP contribution in [0.2, 0.25) is 0 Å². The Balaban J connectivity index is 1.64. The fourth-order valence-corrected chi connectivity index (χ4v) is 4.41. The molecule has 0 bridgehead atoms. The number of rotatable bonds is 5. The van der Waals surface area contributed by atoms with Crippen LogP contribution >= 0.6 is 11.3 Å². The molecule has 1 unspecified atom stereocenters. The maximum Gasteiger partial charge on any atom is 0.416 e. The molecule has 0 amide bonds. The first-order valence-electron chi connectivity index (χ1n) is 9.14. The molecule has 1 fully saturated rings. The zero-order chi connectivity index (χ0) is 20.1. The van der Waals surface area contributed by atoms with Crippen molar-refractivity contribution < 1.29 is 13.2 Å². The van der Waals surface area contributed by atoms with Crippen molar-refractivity contribution in [2.75, 3.05) is 0 Å². The summed E-state index contributed by atoms with van der Waals surface area (Å²) in [7, 11) is 0. The molecule has 2 heterocycles. The number of thiazole rings is 1. The minimum absolute atomic E-state index is 0.124. The molecule has 1 aliphatic carbocycles. The predicted molar refractivity (Wildman–Crippen MR) is 103 cm³/mol. The van der Waals surface area contributed by atoms with E-state index in [0.717, 1.165) is 24.6 Å². The number of nitrogens with zero attached hydrogens (tertiary/aromatic N) is 3. The lowest BCUT2D eigenvalue weighted by Gasteiger charge is -2.29. The molecule has 1 saturated carbocycles. The summed E-state index contributed by atoms with van der Waals surface area (Å²) in [5.41, 5.74) is 1.35. The highest BCUT2D eigenvalue weighted by atomic mass is 32.1. The standard InChI is InChI=1S/C20H20F3N3OS/c1-12-11-28-19-24-16(9-18(27)26(12)19)10-25(17-6-7-17)13(2)14-4-3-5-15(8-14)20(21,22)23/h3-5,8-9,11,13,17H,6-7,10H2,1-2H3. The van der Waals surface area contributed by atoms with Gasteiger partial charge >= 0.3 is 6.18 Å². The topological polar surface area (TPSA) is 37.6 Å². The first-order valence-corrected chi connectivity index (χ1v) is 10.0. The minimum Gasteiger partial charge on any atom is -0.288 e. The van der Waals surface area contributed by atoms with Crippen molar-refractivity contribution in [3.05, 3.63) is 68.6 Å². The lowest BCUT2D eigenvalue weighted by Crippen LogP contribution is -2.30. The number of fused-ring (bicyclic) bond motifs is 1. The van der Waals surface area contributed by atoms with Crippen molar-refractivity contribution >= 4 is 16.3 Å². The molecule has 1 aliphatic rings. The number of aryl methyl sites for hydroxylation is 1. The molecule has 28 heavy (non-hydrogen) atoms. The molecule has 8 heteroatoms. The molecule has 0 aliphatic heterocycles. The third-order valence-corrected chi connectivity index (χ3v) is 6.13. The van der Waals surface area contributed by atoms with Crippen LogP contribution in [0.15, 0.2) is 40.5 Å². The van der Waals surface area contributed by atoms with Gasteiger partial charge in [0.15, 0.2) is 4.96 Å². The third-order valence-electron chi connectivity index (χ3n) is 5.18. The second-order valence-corrected chi connectivity index (χ2v) is 8.12. The minimum atomic E-state index is -4.36. The Kier molecular flexibility index (Phi) is 4.79. The highest BCUT2D eigenvalue weighted by molar-refractivity contribution is 7.15. The van der Waals surface area contributed by atoms with Crippen LogP contribution in [0, 0.1) is 6.92 Å². The van der Waals surface area contributed by atoms with Crippen molar-refractivity contribution in [3.8, 4) is 0 Å². The van der Waals surface area contributed by atoms with E-state index in [1.165, 1.54) is 29.5 Å². The summed E-state index contributed by atoms with van der Waals surface area (Å²) in [5, 5.41) is 1.89. The van der Waals surface area contributed by atoms with E-state index in [1.54, 1.807) is 10.5 Å². The largest absolute Gasteiger partial charge is 0.416 e. The number of aromatic nitrogens is 2. The maximum absolute atomic E-state index is 13.1. The van der Waals surface area contributed by atoms with Gasteiger partial charge < -0.3 is 0 Å². The summed E-state index contributed by atoms with van der Waals surface area (Å²) >= 11 is 1.41. The molecular weight excluding hydrogens is 387 g/mol. The van der Waals surface area contributed by atoms with Gasteiger partial charge in [0, 0.05) is 35.8 Å². The zero-order valence-corrected chi connectivity index (χ0v) is 16.3. The van der Waals surface area contributed by atoms with Gasteiger partial charge in [-0.05, 0) is 44.4 Å². The summed E-state index contributed by atoms with van der Waals surface area (Å²) in [6, 6.07) is 7.10. The summed E-state index contributed by atoms with van der Waals surface area (Å²) in [4.78, 5) is 19.8. The van der Waals surface area contributed by atoms with Crippen LogP contribution in [0.1, 0.15) is 48.3 Å². The molecule has 0 saturated heterocycles. The van der Waals surface area contributed by atoms with Gasteiger partial charge in [0.25, 0.3) is 5.56 Å². The highest BCUT2D eigenvalue weighted by Gasteiger charge is 2.35. The molecule has 0 N–H and O–H groups in total. The number of benzene rings is 1. The summed E-state index contributed by atoms with van der Waals surface area (Å²) < 4.78 is 40.8. The van der Waals surface area contributed by atoms with Crippen molar-refractivity contribution in [2.45, 2.75) is 51.5 Å². The highest BCUT2D eigenvalue weighted by Crippen LogP contribution is 2.37. The van der Waals surface area contributed by atoms with Gasteiger partial charge in [-0.1, -0.05) is 12.1 Å². The van der Waals surface area contributed by atoms with Crippen LogP contribution in [0.4, 0.5) is 13.2 Å². The average Bonchev–Trinajstić information content (AvgIpc) is 3.41. The Morgan fingerprint density at radius 3 is 2.75 bits per heavy atom. The summed E-state index contributed by atoms with van der Waals surface area (Å²) in [6.45, 7) is 4.21. The van der Waals surface area contributed by atoms with Gasteiger partial charge in [0.2, 0.25) is 0 Å². The number of alkyl halides is 3. The van der Waals surface area contributed by atoms with Crippen LogP contribution in [-0.4, -0.2) is 20.3 Å². The fraction of sp³-hybridized carbons (Fsp3) is 0.400. The van der Waals surface area contributed by atoms with Gasteiger partial charge in [0.1, 0.15) is 0 Å². The first-order chi connectivity index (χ1) is 13.2. The lowest BCUT2D eigenvalue weighted by atomic mass is 10.0. The fourth-order valence-electron chi connectivity index (χ4n) is 3.52. The van der Waals surface area contributed by atoms with E-state index >= 15 is 0 Å². The lowest BCUT2D eigenvalue weighted by molar-refractivity contribution is -0.137. The smallest absolute Gasteiger partial charge is 0.288 e. The van der Waals surface area contributed by atoms with Crippen molar-refractivity contribution in [2.24, 2.45) is 0 Å². The summed E-state index contributed by atoms with van der Waals surface area (Å²) in [5.74, 6) is 0.